The Labute approximate surface area is 175 Å². The minimum absolute atomic E-state index is 0.0123. The van der Waals surface area contributed by atoms with Crippen LogP contribution >= 0.6 is 0 Å². The van der Waals surface area contributed by atoms with Gasteiger partial charge >= 0.3 is 0 Å². The Morgan fingerprint density at radius 2 is 1.50 bits per heavy atom. The summed E-state index contributed by atoms with van der Waals surface area (Å²) in [5.74, 6) is 0.634. The van der Waals surface area contributed by atoms with Gasteiger partial charge in [0, 0.05) is 18.7 Å². The van der Waals surface area contributed by atoms with Crippen LogP contribution in [0.5, 0.6) is 11.5 Å². The van der Waals surface area contributed by atoms with Crippen molar-refractivity contribution in [2.45, 2.75) is 13.1 Å². The number of nitrogens with two attached hydrogens (primary N) is 1. The lowest BCUT2D eigenvalue weighted by Gasteiger charge is -2.11. The van der Waals surface area contributed by atoms with Crippen molar-refractivity contribution < 1.29 is 19.1 Å². The SMILES string of the molecule is COc1ccc(CNC(=O)CNC(=O)CNCc2ccc(C(=N)N)cc2)cc1OC. The van der Waals surface area contributed by atoms with Crippen LogP contribution in [0.25, 0.3) is 0 Å². The Bertz CT molecular complexity index is 883. The highest BCUT2D eigenvalue weighted by molar-refractivity contribution is 5.94. The first-order chi connectivity index (χ1) is 14.4. The van der Waals surface area contributed by atoms with Crippen LogP contribution in [-0.4, -0.2) is 45.0 Å². The molecule has 6 N–H and O–H groups in total. The molecule has 0 bridgehead atoms. The molecule has 2 aromatic carbocycles. The van der Waals surface area contributed by atoms with E-state index in [4.69, 9.17) is 20.6 Å². The second kappa shape index (κ2) is 11.4. The molecular formula is C21H27N5O4. The van der Waals surface area contributed by atoms with E-state index in [0.717, 1.165) is 11.1 Å². The monoisotopic (exact) mass is 413 g/mol. The lowest BCUT2D eigenvalue weighted by molar-refractivity contribution is -0.125. The summed E-state index contributed by atoms with van der Waals surface area (Å²) in [5.41, 5.74) is 7.87. The van der Waals surface area contributed by atoms with Gasteiger partial charge in [-0.05, 0) is 23.3 Å². The van der Waals surface area contributed by atoms with Gasteiger partial charge in [-0.1, -0.05) is 30.3 Å². The Hall–Kier alpha value is -3.59. The van der Waals surface area contributed by atoms with Crippen molar-refractivity contribution in [2.24, 2.45) is 5.73 Å². The van der Waals surface area contributed by atoms with Gasteiger partial charge < -0.3 is 31.2 Å². The second-order valence-corrected chi connectivity index (χ2v) is 6.46. The van der Waals surface area contributed by atoms with E-state index in [1.165, 1.54) is 0 Å². The van der Waals surface area contributed by atoms with E-state index in [1.54, 1.807) is 38.5 Å². The maximum Gasteiger partial charge on any atom is 0.239 e. The molecule has 0 atom stereocenters. The summed E-state index contributed by atoms with van der Waals surface area (Å²) in [4.78, 5) is 23.8. The molecule has 0 radical (unpaired) electrons. The van der Waals surface area contributed by atoms with Gasteiger partial charge in [-0.2, -0.15) is 0 Å². The summed E-state index contributed by atoms with van der Waals surface area (Å²) in [5, 5.41) is 15.7. The van der Waals surface area contributed by atoms with Crippen molar-refractivity contribution in [1.82, 2.24) is 16.0 Å². The zero-order chi connectivity index (χ0) is 21.9. The van der Waals surface area contributed by atoms with E-state index in [2.05, 4.69) is 16.0 Å². The zero-order valence-corrected chi connectivity index (χ0v) is 17.1. The molecule has 160 valence electrons. The zero-order valence-electron chi connectivity index (χ0n) is 17.1. The molecule has 0 heterocycles. The fourth-order valence-electron chi connectivity index (χ4n) is 2.62. The van der Waals surface area contributed by atoms with Gasteiger partial charge in [0.05, 0.1) is 27.3 Å². The van der Waals surface area contributed by atoms with E-state index in [-0.39, 0.29) is 30.7 Å². The lowest BCUT2D eigenvalue weighted by atomic mass is 10.1. The van der Waals surface area contributed by atoms with Crippen molar-refractivity contribution in [3.05, 3.63) is 59.2 Å². The van der Waals surface area contributed by atoms with Crippen molar-refractivity contribution in [3.63, 3.8) is 0 Å². The molecule has 0 unspecified atom stereocenters. The maximum absolute atomic E-state index is 12.0. The Morgan fingerprint density at radius 1 is 0.867 bits per heavy atom. The first-order valence-electron chi connectivity index (χ1n) is 9.31. The fraction of sp³-hybridized carbons (Fsp3) is 0.286. The molecule has 0 saturated heterocycles. The minimum Gasteiger partial charge on any atom is -0.493 e. The molecule has 0 aliphatic heterocycles. The largest absolute Gasteiger partial charge is 0.493 e. The topological polar surface area (TPSA) is 139 Å². The van der Waals surface area contributed by atoms with Gasteiger partial charge in [-0.15, -0.1) is 0 Å². The molecule has 2 rings (SSSR count). The second-order valence-electron chi connectivity index (χ2n) is 6.46. The number of carbonyl (C=O) groups excluding carboxylic acids is 2. The predicted molar refractivity (Wildman–Crippen MR) is 114 cm³/mol. The van der Waals surface area contributed by atoms with Crippen LogP contribution in [0.2, 0.25) is 0 Å². The first kappa shape index (κ1) is 22.7. The molecule has 0 aliphatic carbocycles. The average molecular weight is 413 g/mol. The van der Waals surface area contributed by atoms with Gasteiger partial charge in [0.15, 0.2) is 11.5 Å². The Morgan fingerprint density at radius 3 is 2.13 bits per heavy atom. The van der Waals surface area contributed by atoms with E-state index < -0.39 is 0 Å². The number of benzene rings is 2. The molecule has 9 heteroatoms. The van der Waals surface area contributed by atoms with E-state index in [9.17, 15) is 9.59 Å². The molecule has 2 amide bonds. The molecule has 2 aromatic rings. The van der Waals surface area contributed by atoms with Gasteiger partial charge in [0.1, 0.15) is 5.84 Å². The van der Waals surface area contributed by atoms with Crippen LogP contribution in [0.4, 0.5) is 0 Å². The molecule has 30 heavy (non-hydrogen) atoms. The quantitative estimate of drug-likeness (QED) is 0.269. The van der Waals surface area contributed by atoms with Gasteiger partial charge in [0.25, 0.3) is 0 Å². The van der Waals surface area contributed by atoms with Crippen LogP contribution in [0.1, 0.15) is 16.7 Å². The predicted octanol–water partition coefficient (Wildman–Crippen LogP) is 0.510. The summed E-state index contributed by atoms with van der Waals surface area (Å²) < 4.78 is 10.4. The van der Waals surface area contributed by atoms with Crippen LogP contribution in [0.3, 0.4) is 0 Å². The normalized spacial score (nSPS) is 10.2. The summed E-state index contributed by atoms with van der Waals surface area (Å²) in [7, 11) is 3.10. The number of carbonyl (C=O) groups is 2. The molecular weight excluding hydrogens is 386 g/mol. The van der Waals surface area contributed by atoms with E-state index in [1.807, 2.05) is 18.2 Å². The first-order valence-corrected chi connectivity index (χ1v) is 9.31. The third-order valence-electron chi connectivity index (χ3n) is 4.26. The molecule has 0 saturated carbocycles. The van der Waals surface area contributed by atoms with Gasteiger partial charge in [-0.3, -0.25) is 15.0 Å². The minimum atomic E-state index is -0.294. The number of ether oxygens (including phenoxy) is 2. The number of methoxy groups -OCH3 is 2. The summed E-state index contributed by atoms with van der Waals surface area (Å²) >= 11 is 0. The van der Waals surface area contributed by atoms with Gasteiger partial charge in [-0.25, -0.2) is 0 Å². The number of nitrogen functional groups attached to an aromatic ring is 1. The fourth-order valence-corrected chi connectivity index (χ4v) is 2.62. The van der Waals surface area contributed by atoms with Crippen LogP contribution in [0, 0.1) is 5.41 Å². The van der Waals surface area contributed by atoms with Crippen molar-refractivity contribution in [1.29, 1.82) is 5.41 Å². The van der Waals surface area contributed by atoms with Crippen LogP contribution < -0.4 is 31.2 Å². The third-order valence-corrected chi connectivity index (χ3v) is 4.26. The summed E-state index contributed by atoms with van der Waals surface area (Å²) in [6, 6.07) is 12.6. The third kappa shape index (κ3) is 7.10. The Kier molecular flexibility index (Phi) is 8.64. The highest BCUT2D eigenvalue weighted by Gasteiger charge is 2.08. The van der Waals surface area contributed by atoms with Crippen molar-refractivity contribution in [3.8, 4) is 11.5 Å². The lowest BCUT2D eigenvalue weighted by Crippen LogP contribution is -2.40. The molecule has 0 aromatic heterocycles. The average Bonchev–Trinajstić information content (AvgIpc) is 2.76. The molecule has 0 aliphatic rings. The number of rotatable bonds is 11. The highest BCUT2D eigenvalue weighted by Crippen LogP contribution is 2.27. The number of hydrogen-bond donors (Lipinski definition) is 5. The number of amides is 2. The van der Waals surface area contributed by atoms with E-state index >= 15 is 0 Å². The number of amidine groups is 1. The van der Waals surface area contributed by atoms with Crippen molar-refractivity contribution >= 4 is 17.6 Å². The number of nitrogens with one attached hydrogen (secondary N) is 4. The maximum atomic E-state index is 12.0. The Balaban J connectivity index is 1.66. The van der Waals surface area contributed by atoms with Gasteiger partial charge in [0.2, 0.25) is 11.8 Å². The van der Waals surface area contributed by atoms with Crippen molar-refractivity contribution in [2.75, 3.05) is 27.3 Å². The van der Waals surface area contributed by atoms with Crippen LogP contribution in [0.15, 0.2) is 42.5 Å². The van der Waals surface area contributed by atoms with Crippen LogP contribution in [-0.2, 0) is 22.7 Å². The smallest absolute Gasteiger partial charge is 0.239 e. The summed E-state index contributed by atoms with van der Waals surface area (Å²) in [6.07, 6.45) is 0. The number of hydrogen-bond acceptors (Lipinski definition) is 6. The standard InChI is InChI=1S/C21H27N5O4/c1-29-17-8-5-15(9-18(17)30-2)11-25-20(28)13-26-19(27)12-24-10-14-3-6-16(7-4-14)21(22)23/h3-9,24H,10-13H2,1-2H3,(H3,22,23)(H,25,28)(H,26,27). The van der Waals surface area contributed by atoms with E-state index in [0.29, 0.717) is 30.2 Å². The highest BCUT2D eigenvalue weighted by atomic mass is 16.5. The molecule has 0 fully saturated rings. The molecule has 9 nitrogen and oxygen atoms in total. The summed E-state index contributed by atoms with van der Waals surface area (Å²) in [6.45, 7) is 0.763. The molecule has 0 spiro atoms.